The minimum absolute atomic E-state index is 0.0809. The Morgan fingerprint density at radius 2 is 2.12 bits per heavy atom. The van der Waals surface area contributed by atoms with Crippen LogP contribution in [-0.2, 0) is 9.59 Å². The van der Waals surface area contributed by atoms with Crippen LogP contribution >= 0.6 is 23.1 Å². The molecule has 2 aliphatic rings. The SMILES string of the molecule is CC(C)C(=O)N1CC[NH+](CCN2C(=O)CS[C@H]2c2cccs2)CC1. The summed E-state index contributed by atoms with van der Waals surface area (Å²) in [5, 5.41) is 2.27. The van der Waals surface area contributed by atoms with Crippen LogP contribution in [0.1, 0.15) is 24.1 Å². The van der Waals surface area contributed by atoms with Gasteiger partial charge in [0.15, 0.2) is 0 Å². The third-order valence-corrected chi connectivity index (χ3v) is 7.05. The predicted octanol–water partition coefficient (Wildman–Crippen LogP) is 0.705. The topological polar surface area (TPSA) is 45.1 Å². The second-order valence-corrected chi connectivity index (χ2v) is 8.79. The number of hydrogen-bond donors (Lipinski definition) is 1. The smallest absolute Gasteiger partial charge is 0.234 e. The van der Waals surface area contributed by atoms with E-state index in [9.17, 15) is 9.59 Å². The first-order valence-electron chi connectivity index (χ1n) is 8.63. The van der Waals surface area contributed by atoms with Crippen molar-refractivity contribution in [2.75, 3.05) is 45.0 Å². The lowest BCUT2D eigenvalue weighted by Gasteiger charge is -2.34. The molecule has 2 aliphatic heterocycles. The van der Waals surface area contributed by atoms with Gasteiger partial charge in [-0.3, -0.25) is 9.59 Å². The number of thioether (sulfide) groups is 1. The number of rotatable bonds is 5. The van der Waals surface area contributed by atoms with Crippen molar-refractivity contribution in [3.05, 3.63) is 22.4 Å². The van der Waals surface area contributed by atoms with Crippen molar-refractivity contribution in [3.63, 3.8) is 0 Å². The Morgan fingerprint density at radius 3 is 2.75 bits per heavy atom. The van der Waals surface area contributed by atoms with Crippen LogP contribution in [0.4, 0.5) is 0 Å². The number of nitrogens with one attached hydrogen (secondary N) is 1. The molecule has 24 heavy (non-hydrogen) atoms. The Morgan fingerprint density at radius 1 is 1.38 bits per heavy atom. The summed E-state index contributed by atoms with van der Waals surface area (Å²) in [7, 11) is 0. The first-order chi connectivity index (χ1) is 11.6. The zero-order valence-corrected chi connectivity index (χ0v) is 16.0. The third kappa shape index (κ3) is 3.95. The van der Waals surface area contributed by atoms with E-state index >= 15 is 0 Å². The van der Waals surface area contributed by atoms with E-state index in [-0.39, 0.29) is 23.1 Å². The van der Waals surface area contributed by atoms with Crippen LogP contribution in [-0.4, -0.2) is 66.6 Å². The van der Waals surface area contributed by atoms with Crippen molar-refractivity contribution in [2.24, 2.45) is 5.92 Å². The highest BCUT2D eigenvalue weighted by Crippen LogP contribution is 2.40. The van der Waals surface area contributed by atoms with Crippen LogP contribution in [0.25, 0.3) is 0 Å². The molecule has 0 spiro atoms. The molecule has 0 aliphatic carbocycles. The van der Waals surface area contributed by atoms with Crippen molar-refractivity contribution in [1.82, 2.24) is 9.80 Å². The normalized spacial score (nSPS) is 22.6. The Kier molecular flexibility index (Phi) is 5.84. The Balaban J connectivity index is 1.49. The molecular weight excluding hydrogens is 342 g/mol. The maximum atomic E-state index is 12.2. The van der Waals surface area contributed by atoms with Gasteiger partial charge in [-0.15, -0.1) is 23.1 Å². The molecule has 1 aromatic heterocycles. The second kappa shape index (κ2) is 7.89. The molecule has 2 saturated heterocycles. The molecule has 5 nitrogen and oxygen atoms in total. The predicted molar refractivity (Wildman–Crippen MR) is 98.2 cm³/mol. The summed E-state index contributed by atoms with van der Waals surface area (Å²) in [6, 6.07) is 4.18. The Bertz CT molecular complexity index is 568. The summed E-state index contributed by atoms with van der Waals surface area (Å²) in [4.78, 5) is 31.1. The highest BCUT2D eigenvalue weighted by atomic mass is 32.2. The number of quaternary nitrogens is 1. The first-order valence-corrected chi connectivity index (χ1v) is 10.6. The molecule has 7 heteroatoms. The maximum absolute atomic E-state index is 12.2. The molecule has 0 aromatic carbocycles. The fourth-order valence-corrected chi connectivity index (χ4v) is 5.50. The van der Waals surface area contributed by atoms with Crippen molar-refractivity contribution in [2.45, 2.75) is 19.2 Å². The molecule has 2 amide bonds. The minimum Gasteiger partial charge on any atom is -0.331 e. The molecule has 3 heterocycles. The number of carbonyl (C=O) groups excluding carboxylic acids is 2. The largest absolute Gasteiger partial charge is 0.331 e. The quantitative estimate of drug-likeness (QED) is 0.832. The van der Waals surface area contributed by atoms with Gasteiger partial charge in [0.25, 0.3) is 0 Å². The molecule has 0 saturated carbocycles. The number of hydrogen-bond acceptors (Lipinski definition) is 4. The van der Waals surface area contributed by atoms with E-state index in [1.165, 1.54) is 9.78 Å². The number of amides is 2. The molecular formula is C17H26N3O2S2+. The van der Waals surface area contributed by atoms with Crippen molar-refractivity contribution in [3.8, 4) is 0 Å². The van der Waals surface area contributed by atoms with E-state index in [0.29, 0.717) is 5.75 Å². The average molecular weight is 369 g/mol. The third-order valence-electron chi connectivity index (χ3n) is 4.74. The van der Waals surface area contributed by atoms with Gasteiger partial charge in [-0.1, -0.05) is 19.9 Å². The molecule has 132 valence electrons. The van der Waals surface area contributed by atoms with Gasteiger partial charge in [-0.05, 0) is 11.4 Å². The fourth-order valence-electron chi connectivity index (χ4n) is 3.30. The molecule has 2 fully saturated rings. The molecule has 0 bridgehead atoms. The summed E-state index contributed by atoms with van der Waals surface area (Å²) >= 11 is 3.46. The fraction of sp³-hybridized carbons (Fsp3) is 0.647. The van der Waals surface area contributed by atoms with Crippen LogP contribution in [0.15, 0.2) is 17.5 Å². The van der Waals surface area contributed by atoms with Crippen molar-refractivity contribution >= 4 is 34.9 Å². The van der Waals surface area contributed by atoms with Crippen molar-refractivity contribution in [1.29, 1.82) is 0 Å². The van der Waals surface area contributed by atoms with E-state index in [2.05, 4.69) is 17.5 Å². The molecule has 1 N–H and O–H groups in total. The van der Waals surface area contributed by atoms with Gasteiger partial charge < -0.3 is 14.7 Å². The van der Waals surface area contributed by atoms with E-state index in [1.54, 1.807) is 23.1 Å². The number of nitrogens with zero attached hydrogens (tertiary/aromatic N) is 2. The summed E-state index contributed by atoms with van der Waals surface area (Å²) in [5.41, 5.74) is 0. The molecule has 1 atom stereocenters. The van der Waals surface area contributed by atoms with Crippen LogP contribution in [0.2, 0.25) is 0 Å². The molecule has 3 rings (SSSR count). The minimum atomic E-state index is 0.0809. The van der Waals surface area contributed by atoms with Crippen LogP contribution in [0.5, 0.6) is 0 Å². The lowest BCUT2D eigenvalue weighted by molar-refractivity contribution is -0.903. The van der Waals surface area contributed by atoms with Gasteiger partial charge in [0, 0.05) is 10.8 Å². The van der Waals surface area contributed by atoms with Crippen LogP contribution < -0.4 is 4.90 Å². The van der Waals surface area contributed by atoms with Gasteiger partial charge in [-0.2, -0.15) is 0 Å². The van der Waals surface area contributed by atoms with E-state index < -0.39 is 0 Å². The maximum Gasteiger partial charge on any atom is 0.234 e. The molecule has 0 unspecified atom stereocenters. The van der Waals surface area contributed by atoms with Gasteiger partial charge in [-0.25, -0.2) is 0 Å². The number of thiophene rings is 1. The Hall–Kier alpha value is -1.05. The van der Waals surface area contributed by atoms with Gasteiger partial charge >= 0.3 is 0 Å². The highest BCUT2D eigenvalue weighted by Gasteiger charge is 2.34. The average Bonchev–Trinajstić information content (AvgIpc) is 3.22. The monoisotopic (exact) mass is 368 g/mol. The Labute approximate surface area is 152 Å². The molecule has 0 radical (unpaired) electrons. The zero-order valence-electron chi connectivity index (χ0n) is 14.4. The highest BCUT2D eigenvalue weighted by molar-refractivity contribution is 8.00. The summed E-state index contributed by atoms with van der Waals surface area (Å²) in [6.07, 6.45) is 0. The lowest BCUT2D eigenvalue weighted by atomic mass is 10.1. The summed E-state index contributed by atoms with van der Waals surface area (Å²) in [6.45, 7) is 9.34. The van der Waals surface area contributed by atoms with E-state index in [0.717, 1.165) is 39.3 Å². The van der Waals surface area contributed by atoms with Crippen LogP contribution in [0.3, 0.4) is 0 Å². The van der Waals surface area contributed by atoms with Crippen molar-refractivity contribution < 1.29 is 14.5 Å². The number of carbonyl (C=O) groups is 2. The van der Waals surface area contributed by atoms with Crippen LogP contribution in [0, 0.1) is 5.92 Å². The standard InChI is InChI=1S/C17H25N3O2S2/c1-13(2)16(22)19-8-5-18(6-9-19)7-10-20-15(21)12-24-17(20)14-4-3-11-23-14/h3-4,11,13,17H,5-10,12H2,1-2H3/p+1/t17-/m0/s1. The number of piperazine rings is 1. The van der Waals surface area contributed by atoms with E-state index in [1.807, 2.05) is 23.6 Å². The first kappa shape index (κ1) is 17.8. The van der Waals surface area contributed by atoms with Gasteiger partial charge in [0.2, 0.25) is 11.8 Å². The van der Waals surface area contributed by atoms with Gasteiger partial charge in [0.05, 0.1) is 45.0 Å². The lowest BCUT2D eigenvalue weighted by Crippen LogP contribution is -3.15. The summed E-state index contributed by atoms with van der Waals surface area (Å²) < 4.78 is 0. The van der Waals surface area contributed by atoms with E-state index in [4.69, 9.17) is 0 Å². The second-order valence-electron chi connectivity index (χ2n) is 6.75. The van der Waals surface area contributed by atoms with Gasteiger partial charge in [0.1, 0.15) is 5.37 Å². The zero-order chi connectivity index (χ0) is 17.1. The molecule has 1 aromatic rings. The summed E-state index contributed by atoms with van der Waals surface area (Å²) in [5.74, 6) is 1.19.